The monoisotopic (exact) mass is 281 g/mol. The normalized spacial score (nSPS) is 31.5. The van der Waals surface area contributed by atoms with Crippen molar-refractivity contribution in [2.24, 2.45) is 11.3 Å². The van der Waals surface area contributed by atoms with Crippen LogP contribution < -0.4 is 5.32 Å². The summed E-state index contributed by atoms with van der Waals surface area (Å²) in [7, 11) is 0. The summed E-state index contributed by atoms with van der Waals surface area (Å²) in [5.74, 6) is 0.940. The van der Waals surface area contributed by atoms with Crippen LogP contribution in [0, 0.1) is 11.3 Å². The van der Waals surface area contributed by atoms with Gasteiger partial charge < -0.3 is 10.1 Å². The molecule has 0 bridgehead atoms. The molecule has 0 aliphatic heterocycles. The molecule has 2 nitrogen and oxygen atoms in total. The molecule has 20 heavy (non-hydrogen) atoms. The van der Waals surface area contributed by atoms with Crippen LogP contribution in [0.3, 0.4) is 0 Å². The molecule has 0 aromatic heterocycles. The summed E-state index contributed by atoms with van der Waals surface area (Å²) in [6.07, 6.45) is 10.5. The molecule has 0 spiro atoms. The van der Waals surface area contributed by atoms with Gasteiger partial charge in [0.1, 0.15) is 0 Å². The zero-order chi connectivity index (χ0) is 14.6. The molecule has 1 N–H and O–H groups in total. The van der Waals surface area contributed by atoms with Gasteiger partial charge in [0.15, 0.2) is 0 Å². The lowest BCUT2D eigenvalue weighted by Crippen LogP contribution is -2.47. The van der Waals surface area contributed by atoms with Crippen molar-refractivity contribution in [3.05, 3.63) is 0 Å². The molecule has 0 saturated heterocycles. The summed E-state index contributed by atoms with van der Waals surface area (Å²) >= 11 is 0. The third kappa shape index (κ3) is 5.37. The predicted molar refractivity (Wildman–Crippen MR) is 86.0 cm³/mol. The highest BCUT2D eigenvalue weighted by molar-refractivity contribution is 4.92. The van der Waals surface area contributed by atoms with Crippen LogP contribution in [0.1, 0.15) is 79.1 Å². The second-order valence-electron chi connectivity index (χ2n) is 8.35. The number of hydrogen-bond donors (Lipinski definition) is 1. The van der Waals surface area contributed by atoms with Crippen LogP contribution in [0.15, 0.2) is 0 Å². The third-order valence-corrected chi connectivity index (χ3v) is 5.14. The van der Waals surface area contributed by atoms with E-state index in [0.717, 1.165) is 31.5 Å². The van der Waals surface area contributed by atoms with E-state index in [1.807, 2.05) is 0 Å². The van der Waals surface area contributed by atoms with Crippen molar-refractivity contribution < 1.29 is 4.74 Å². The minimum absolute atomic E-state index is 0.138. The molecule has 2 heteroatoms. The molecule has 2 rings (SSSR count). The fraction of sp³-hybridized carbons (Fsp3) is 1.00. The first-order valence-electron chi connectivity index (χ1n) is 8.80. The van der Waals surface area contributed by atoms with Crippen molar-refractivity contribution >= 4 is 0 Å². The third-order valence-electron chi connectivity index (χ3n) is 5.14. The van der Waals surface area contributed by atoms with E-state index in [0.29, 0.717) is 5.41 Å². The van der Waals surface area contributed by atoms with Gasteiger partial charge in [-0.3, -0.25) is 0 Å². The van der Waals surface area contributed by atoms with Crippen molar-refractivity contribution in [2.75, 3.05) is 13.2 Å². The SMILES string of the molecule is CCC1CCC(CNC2CC2)(OCCC(C)(C)C)CC1. The Labute approximate surface area is 126 Å². The fourth-order valence-corrected chi connectivity index (χ4v) is 3.18. The summed E-state index contributed by atoms with van der Waals surface area (Å²) in [5.41, 5.74) is 0.519. The van der Waals surface area contributed by atoms with Gasteiger partial charge >= 0.3 is 0 Å². The summed E-state index contributed by atoms with van der Waals surface area (Å²) < 4.78 is 6.46. The van der Waals surface area contributed by atoms with Crippen LogP contribution in [0.25, 0.3) is 0 Å². The molecule has 0 heterocycles. The lowest BCUT2D eigenvalue weighted by molar-refractivity contribution is -0.0831. The van der Waals surface area contributed by atoms with Crippen LogP contribution in [0.4, 0.5) is 0 Å². The van der Waals surface area contributed by atoms with E-state index in [9.17, 15) is 0 Å². The Kier molecular flexibility index (Phi) is 5.53. The molecular weight excluding hydrogens is 246 g/mol. The van der Waals surface area contributed by atoms with Crippen LogP contribution in [0.2, 0.25) is 0 Å². The minimum Gasteiger partial charge on any atom is -0.374 e. The maximum absolute atomic E-state index is 6.46. The molecule has 118 valence electrons. The first-order chi connectivity index (χ1) is 9.42. The highest BCUT2D eigenvalue weighted by atomic mass is 16.5. The maximum atomic E-state index is 6.46. The molecule has 0 radical (unpaired) electrons. The molecule has 2 saturated carbocycles. The second-order valence-corrected chi connectivity index (χ2v) is 8.35. The number of rotatable bonds is 7. The molecule has 2 aliphatic rings. The van der Waals surface area contributed by atoms with E-state index in [1.54, 1.807) is 0 Å². The highest BCUT2D eigenvalue weighted by Gasteiger charge is 2.37. The van der Waals surface area contributed by atoms with Gasteiger partial charge in [-0.15, -0.1) is 0 Å². The predicted octanol–water partition coefficient (Wildman–Crippen LogP) is 4.53. The zero-order valence-corrected chi connectivity index (χ0v) is 14.1. The smallest absolute Gasteiger partial charge is 0.0806 e. The second kappa shape index (κ2) is 6.79. The first kappa shape index (κ1) is 16.3. The average Bonchev–Trinajstić information content (AvgIpc) is 3.20. The van der Waals surface area contributed by atoms with Crippen molar-refractivity contribution in [1.29, 1.82) is 0 Å². The van der Waals surface area contributed by atoms with Crippen molar-refractivity contribution in [3.63, 3.8) is 0 Å². The first-order valence-corrected chi connectivity index (χ1v) is 8.80. The van der Waals surface area contributed by atoms with Gasteiger partial charge in [-0.05, 0) is 56.3 Å². The van der Waals surface area contributed by atoms with E-state index < -0.39 is 0 Å². The standard InChI is InChI=1S/C18H35NO/c1-5-15-8-10-18(11-9-15,14-19-16-6-7-16)20-13-12-17(2,3)4/h15-16,19H,5-14H2,1-4H3. The summed E-state index contributed by atoms with van der Waals surface area (Å²) in [6, 6.07) is 0.794. The lowest BCUT2D eigenvalue weighted by Gasteiger charge is -2.41. The number of ether oxygens (including phenoxy) is 1. The van der Waals surface area contributed by atoms with Crippen molar-refractivity contribution in [2.45, 2.75) is 90.7 Å². The van der Waals surface area contributed by atoms with Gasteiger partial charge in [-0.2, -0.15) is 0 Å². The van der Waals surface area contributed by atoms with Crippen LogP contribution in [-0.2, 0) is 4.74 Å². The van der Waals surface area contributed by atoms with Crippen molar-refractivity contribution in [1.82, 2.24) is 5.32 Å². The van der Waals surface area contributed by atoms with E-state index in [4.69, 9.17) is 4.74 Å². The van der Waals surface area contributed by atoms with Crippen LogP contribution in [0.5, 0.6) is 0 Å². The quantitative estimate of drug-likeness (QED) is 0.740. The molecule has 0 aromatic rings. The molecule has 2 fully saturated rings. The Morgan fingerprint density at radius 3 is 2.25 bits per heavy atom. The van der Waals surface area contributed by atoms with Gasteiger partial charge in [0, 0.05) is 19.2 Å². The molecule has 2 aliphatic carbocycles. The largest absolute Gasteiger partial charge is 0.374 e. The lowest BCUT2D eigenvalue weighted by atomic mass is 9.77. The molecule has 0 unspecified atom stereocenters. The Balaban J connectivity index is 1.82. The van der Waals surface area contributed by atoms with Gasteiger partial charge in [-0.25, -0.2) is 0 Å². The van der Waals surface area contributed by atoms with E-state index in [-0.39, 0.29) is 5.60 Å². The minimum atomic E-state index is 0.138. The average molecular weight is 281 g/mol. The summed E-state index contributed by atoms with van der Waals surface area (Å²) in [4.78, 5) is 0. The Bertz CT molecular complexity index is 282. The van der Waals surface area contributed by atoms with E-state index >= 15 is 0 Å². The molecule has 0 amide bonds. The Morgan fingerprint density at radius 2 is 1.75 bits per heavy atom. The highest BCUT2D eigenvalue weighted by Crippen LogP contribution is 2.37. The Hall–Kier alpha value is -0.0800. The zero-order valence-electron chi connectivity index (χ0n) is 14.1. The van der Waals surface area contributed by atoms with Crippen molar-refractivity contribution in [3.8, 4) is 0 Å². The van der Waals surface area contributed by atoms with Gasteiger partial charge in [0.05, 0.1) is 5.60 Å². The molecular formula is C18H35NO. The van der Waals surface area contributed by atoms with Crippen LogP contribution in [-0.4, -0.2) is 24.8 Å². The molecule has 0 atom stereocenters. The fourth-order valence-electron chi connectivity index (χ4n) is 3.18. The summed E-state index contributed by atoms with van der Waals surface area (Å²) in [6.45, 7) is 11.3. The van der Waals surface area contributed by atoms with E-state index in [1.165, 1.54) is 44.9 Å². The topological polar surface area (TPSA) is 21.3 Å². The summed E-state index contributed by atoms with van der Waals surface area (Å²) in [5, 5.41) is 3.72. The number of hydrogen-bond acceptors (Lipinski definition) is 2. The van der Waals surface area contributed by atoms with Gasteiger partial charge in [-0.1, -0.05) is 34.1 Å². The van der Waals surface area contributed by atoms with Gasteiger partial charge in [0.25, 0.3) is 0 Å². The van der Waals surface area contributed by atoms with E-state index in [2.05, 4.69) is 33.0 Å². The Morgan fingerprint density at radius 1 is 1.10 bits per heavy atom. The number of nitrogens with one attached hydrogen (secondary N) is 1. The van der Waals surface area contributed by atoms with Crippen LogP contribution >= 0.6 is 0 Å². The maximum Gasteiger partial charge on any atom is 0.0806 e. The molecule has 0 aromatic carbocycles. The van der Waals surface area contributed by atoms with Gasteiger partial charge in [0.2, 0.25) is 0 Å².